The first-order chi connectivity index (χ1) is 9.01. The lowest BCUT2D eigenvalue weighted by molar-refractivity contribution is -0.152. The van der Waals surface area contributed by atoms with Crippen molar-refractivity contribution in [1.82, 2.24) is 9.55 Å². The third-order valence-electron chi connectivity index (χ3n) is 2.79. The molecular weight excluding hydrogens is 256 g/mol. The minimum atomic E-state index is -0.856. The minimum Gasteiger partial charge on any atom is -0.458 e. The van der Waals surface area contributed by atoms with Crippen molar-refractivity contribution >= 4 is 5.97 Å². The van der Waals surface area contributed by atoms with Crippen LogP contribution < -0.4 is 11.2 Å². The van der Waals surface area contributed by atoms with Gasteiger partial charge in [0.2, 0.25) is 0 Å². The molecule has 19 heavy (non-hydrogen) atoms. The number of aliphatic hydroxyl groups excluding tert-OH is 1. The van der Waals surface area contributed by atoms with E-state index in [1.807, 2.05) is 0 Å². The second kappa shape index (κ2) is 5.37. The van der Waals surface area contributed by atoms with E-state index in [1.54, 1.807) is 0 Å². The number of nitrogens with zero attached hydrogens (tertiary/aromatic N) is 1. The fourth-order valence-corrected chi connectivity index (χ4v) is 2.03. The van der Waals surface area contributed by atoms with Gasteiger partial charge >= 0.3 is 11.7 Å². The van der Waals surface area contributed by atoms with E-state index < -0.39 is 35.7 Å². The Balaban J connectivity index is 2.31. The number of esters is 1. The van der Waals surface area contributed by atoms with Crippen LogP contribution in [-0.4, -0.2) is 39.4 Å². The number of aromatic amines is 1. The summed E-state index contributed by atoms with van der Waals surface area (Å²) in [4.78, 5) is 35.8. The predicted octanol–water partition coefficient (Wildman–Crippen LogP) is -1.25. The zero-order chi connectivity index (χ0) is 14.0. The summed E-state index contributed by atoms with van der Waals surface area (Å²) in [7, 11) is 0. The van der Waals surface area contributed by atoms with E-state index in [4.69, 9.17) is 14.6 Å². The topological polar surface area (TPSA) is 111 Å². The van der Waals surface area contributed by atoms with Gasteiger partial charge in [-0.3, -0.25) is 19.1 Å². The predicted molar refractivity (Wildman–Crippen MR) is 62.5 cm³/mol. The number of H-pyrrole nitrogens is 1. The number of ether oxygens (including phenoxy) is 2. The number of hydrogen-bond acceptors (Lipinski definition) is 6. The Morgan fingerprint density at radius 3 is 2.95 bits per heavy atom. The molecule has 0 saturated carbocycles. The van der Waals surface area contributed by atoms with Crippen molar-refractivity contribution in [2.45, 2.75) is 31.8 Å². The van der Waals surface area contributed by atoms with Gasteiger partial charge in [-0.05, 0) is 0 Å². The van der Waals surface area contributed by atoms with E-state index in [0.717, 1.165) is 4.57 Å². The van der Waals surface area contributed by atoms with E-state index in [2.05, 4.69) is 4.98 Å². The van der Waals surface area contributed by atoms with Gasteiger partial charge in [-0.25, -0.2) is 4.79 Å². The van der Waals surface area contributed by atoms with Crippen LogP contribution in [0.1, 0.15) is 19.6 Å². The smallest absolute Gasteiger partial charge is 0.330 e. The molecule has 1 aromatic rings. The highest BCUT2D eigenvalue weighted by Crippen LogP contribution is 2.29. The van der Waals surface area contributed by atoms with Crippen LogP contribution in [0.15, 0.2) is 21.9 Å². The molecule has 0 amide bonds. The summed E-state index contributed by atoms with van der Waals surface area (Å²) in [5, 5.41) is 9.09. The SMILES string of the molecule is CC(=O)O[C@@H]1C[C@@H](CO)O[C@H]1n1ccc(=O)[nH]c1=O. The van der Waals surface area contributed by atoms with Gasteiger partial charge in [0.25, 0.3) is 5.56 Å². The molecule has 104 valence electrons. The number of aromatic nitrogens is 2. The molecule has 3 atom stereocenters. The lowest BCUT2D eigenvalue weighted by atomic mass is 10.2. The molecule has 8 heteroatoms. The standard InChI is InChI=1S/C11H14N2O6/c1-6(15)18-8-4-7(5-14)19-10(8)13-3-2-9(16)12-11(13)17/h2-3,7-8,10,14H,4-5H2,1H3,(H,12,16,17)/t7-,8+,10+/m0/s1. The molecule has 8 nitrogen and oxygen atoms in total. The van der Waals surface area contributed by atoms with Gasteiger partial charge in [-0.15, -0.1) is 0 Å². The molecule has 1 aliphatic rings. The largest absolute Gasteiger partial charge is 0.458 e. The van der Waals surface area contributed by atoms with Crippen molar-refractivity contribution in [3.63, 3.8) is 0 Å². The van der Waals surface area contributed by atoms with Crippen LogP contribution in [0.3, 0.4) is 0 Å². The lowest BCUT2D eigenvalue weighted by Gasteiger charge is -2.19. The second-order valence-corrected chi connectivity index (χ2v) is 4.23. The Morgan fingerprint density at radius 1 is 1.63 bits per heavy atom. The average Bonchev–Trinajstić information content (AvgIpc) is 2.71. The highest BCUT2D eigenvalue weighted by Gasteiger charge is 2.38. The maximum absolute atomic E-state index is 11.7. The van der Waals surface area contributed by atoms with Crippen molar-refractivity contribution in [3.8, 4) is 0 Å². The van der Waals surface area contributed by atoms with Gasteiger partial charge in [0, 0.05) is 25.6 Å². The van der Waals surface area contributed by atoms with Crippen LogP contribution in [0.25, 0.3) is 0 Å². The highest BCUT2D eigenvalue weighted by molar-refractivity contribution is 5.66. The summed E-state index contributed by atoms with van der Waals surface area (Å²) in [6, 6.07) is 1.17. The van der Waals surface area contributed by atoms with Gasteiger partial charge < -0.3 is 14.6 Å². The Bertz CT molecular complexity index is 577. The molecule has 1 fully saturated rings. The van der Waals surface area contributed by atoms with Crippen LogP contribution in [0.5, 0.6) is 0 Å². The van der Waals surface area contributed by atoms with Crippen LogP contribution in [0, 0.1) is 0 Å². The summed E-state index contributed by atoms with van der Waals surface area (Å²) < 4.78 is 11.6. The first-order valence-electron chi connectivity index (χ1n) is 5.76. The first kappa shape index (κ1) is 13.5. The number of hydrogen-bond donors (Lipinski definition) is 2. The number of aliphatic hydroxyl groups is 1. The normalized spacial score (nSPS) is 26.3. The van der Waals surface area contributed by atoms with Crippen LogP contribution >= 0.6 is 0 Å². The molecule has 0 aliphatic carbocycles. The van der Waals surface area contributed by atoms with Crippen molar-refractivity contribution in [1.29, 1.82) is 0 Å². The molecule has 0 unspecified atom stereocenters. The van der Waals surface area contributed by atoms with Gasteiger partial charge in [0.15, 0.2) is 6.23 Å². The molecule has 1 saturated heterocycles. The Labute approximate surface area is 107 Å². The maximum atomic E-state index is 11.7. The van der Waals surface area contributed by atoms with E-state index in [-0.39, 0.29) is 13.0 Å². The Kier molecular flexibility index (Phi) is 3.82. The average molecular weight is 270 g/mol. The number of carbonyl (C=O) groups excluding carboxylic acids is 1. The maximum Gasteiger partial charge on any atom is 0.330 e. The highest BCUT2D eigenvalue weighted by atomic mass is 16.6. The minimum absolute atomic E-state index is 0.244. The second-order valence-electron chi connectivity index (χ2n) is 4.23. The molecule has 1 aromatic heterocycles. The molecule has 1 aliphatic heterocycles. The zero-order valence-corrected chi connectivity index (χ0v) is 10.2. The molecular formula is C11H14N2O6. The molecule has 2 rings (SSSR count). The van der Waals surface area contributed by atoms with E-state index in [9.17, 15) is 14.4 Å². The van der Waals surface area contributed by atoms with Crippen molar-refractivity contribution in [2.24, 2.45) is 0 Å². The number of carbonyl (C=O) groups is 1. The summed E-state index contributed by atoms with van der Waals surface area (Å²) in [5.41, 5.74) is -1.18. The summed E-state index contributed by atoms with van der Waals surface area (Å²) in [6.45, 7) is 1.01. The van der Waals surface area contributed by atoms with Crippen molar-refractivity contribution in [2.75, 3.05) is 6.61 Å². The summed E-state index contributed by atoms with van der Waals surface area (Å²) in [6.07, 6.45) is -0.508. The van der Waals surface area contributed by atoms with Crippen LogP contribution in [0.4, 0.5) is 0 Å². The van der Waals surface area contributed by atoms with Gasteiger partial charge in [-0.2, -0.15) is 0 Å². The van der Waals surface area contributed by atoms with E-state index in [1.165, 1.54) is 19.2 Å². The summed E-state index contributed by atoms with van der Waals surface area (Å²) in [5.74, 6) is -0.505. The van der Waals surface area contributed by atoms with E-state index >= 15 is 0 Å². The fourth-order valence-electron chi connectivity index (χ4n) is 2.03. The lowest BCUT2D eigenvalue weighted by Crippen LogP contribution is -2.36. The van der Waals surface area contributed by atoms with Gasteiger partial charge in [0.1, 0.15) is 6.10 Å². The third kappa shape index (κ3) is 2.91. The number of rotatable bonds is 3. The van der Waals surface area contributed by atoms with Crippen LogP contribution in [0.2, 0.25) is 0 Å². The van der Waals surface area contributed by atoms with Gasteiger partial charge in [0.05, 0.1) is 12.7 Å². The molecule has 2 heterocycles. The number of nitrogens with one attached hydrogen (secondary N) is 1. The molecule has 0 radical (unpaired) electrons. The molecule has 0 spiro atoms. The van der Waals surface area contributed by atoms with Gasteiger partial charge in [-0.1, -0.05) is 0 Å². The zero-order valence-electron chi connectivity index (χ0n) is 10.2. The van der Waals surface area contributed by atoms with E-state index in [0.29, 0.717) is 0 Å². The van der Waals surface area contributed by atoms with Crippen LogP contribution in [-0.2, 0) is 14.3 Å². The van der Waals surface area contributed by atoms with Crippen molar-refractivity contribution < 1.29 is 19.4 Å². The fraction of sp³-hybridized carbons (Fsp3) is 0.545. The van der Waals surface area contributed by atoms with Crippen molar-refractivity contribution in [3.05, 3.63) is 33.1 Å². The molecule has 0 aromatic carbocycles. The molecule has 0 bridgehead atoms. The quantitative estimate of drug-likeness (QED) is 0.664. The summed E-state index contributed by atoms with van der Waals surface area (Å²) >= 11 is 0. The monoisotopic (exact) mass is 270 g/mol. The Hall–Kier alpha value is -1.93. The molecule has 2 N–H and O–H groups in total. The first-order valence-corrected chi connectivity index (χ1v) is 5.76. The Morgan fingerprint density at radius 2 is 2.37 bits per heavy atom. The third-order valence-corrected chi connectivity index (χ3v) is 2.79.